The fourth-order valence-corrected chi connectivity index (χ4v) is 7.52. The van der Waals surface area contributed by atoms with Gasteiger partial charge in [-0.15, -0.1) is 0 Å². The van der Waals surface area contributed by atoms with E-state index in [1.807, 2.05) is 0 Å². The van der Waals surface area contributed by atoms with Crippen LogP contribution in [0, 0.1) is 0 Å². The third-order valence-electron chi connectivity index (χ3n) is 11.7. The Kier molecular flexibility index (Phi) is 53.4. The fourth-order valence-electron chi connectivity index (χ4n) is 7.52. The van der Waals surface area contributed by atoms with Crippen molar-refractivity contribution in [1.29, 1.82) is 0 Å². The van der Waals surface area contributed by atoms with Crippen molar-refractivity contribution in [2.75, 3.05) is 13.2 Å². The van der Waals surface area contributed by atoms with Gasteiger partial charge in [-0.1, -0.05) is 239 Å². The van der Waals surface area contributed by atoms with Crippen molar-refractivity contribution >= 4 is 17.9 Å². The fraction of sp³-hybridized carbons (Fsp3) is 0.667. The van der Waals surface area contributed by atoms with Gasteiger partial charge < -0.3 is 14.2 Å². The van der Waals surface area contributed by atoms with Crippen molar-refractivity contribution in [2.45, 2.75) is 258 Å². The molecule has 0 saturated heterocycles. The summed E-state index contributed by atoms with van der Waals surface area (Å²) >= 11 is 0. The van der Waals surface area contributed by atoms with Gasteiger partial charge in [0.15, 0.2) is 6.10 Å². The number of unbranched alkanes of at least 4 members (excludes halogenated alkanes) is 21. The molecule has 0 rings (SSSR count). The maximum atomic E-state index is 12.7. The molecule has 0 fully saturated rings. The highest BCUT2D eigenvalue weighted by Gasteiger charge is 2.19. The Hall–Kier alpha value is -3.93. The minimum atomic E-state index is -0.786. The van der Waals surface area contributed by atoms with E-state index in [1.165, 1.54) is 70.6 Å². The largest absolute Gasteiger partial charge is 0.462 e. The standard InChI is InChI=1S/C63H104O6/c1-4-7-10-13-16-19-22-23-24-25-26-27-28-29-30-31-32-33-34-35-36-37-38-39-40-41-42-45-47-50-53-56-62(65)68-59-60(69-63(66)57-54-51-48-44-21-18-15-12-9-6-3)58-67-61(64)55-52-49-46-43-20-17-14-11-8-5-2/h7,10,12,15-16,19,23-24,26-27,29-30,32-33,35-36,38-39,60H,4-6,8-9,11,13-14,17-18,20-22,25,28,31,34,37,40-59H2,1-3H3/b10-7-,15-12-,19-16-,24-23-,27-26-,30-29-,33-32-,36-35-,39-38-. The quantitative estimate of drug-likeness (QED) is 0.0262. The Morgan fingerprint density at radius 2 is 0.594 bits per heavy atom. The van der Waals surface area contributed by atoms with Crippen LogP contribution in [0.15, 0.2) is 109 Å². The molecule has 0 aliphatic carbocycles. The average molecular weight is 958 g/mol. The van der Waals surface area contributed by atoms with E-state index in [9.17, 15) is 14.4 Å². The lowest BCUT2D eigenvalue weighted by atomic mass is 10.1. The lowest BCUT2D eigenvalue weighted by Gasteiger charge is -2.18. The molecule has 0 saturated carbocycles. The zero-order valence-electron chi connectivity index (χ0n) is 44.8. The number of allylic oxidation sites excluding steroid dienone is 18. The molecule has 1 atom stereocenters. The second-order valence-electron chi connectivity index (χ2n) is 18.5. The van der Waals surface area contributed by atoms with Crippen molar-refractivity contribution in [1.82, 2.24) is 0 Å². The molecule has 1 unspecified atom stereocenters. The number of ether oxygens (including phenoxy) is 3. The van der Waals surface area contributed by atoms with E-state index >= 15 is 0 Å². The molecule has 69 heavy (non-hydrogen) atoms. The topological polar surface area (TPSA) is 78.9 Å². The van der Waals surface area contributed by atoms with E-state index in [2.05, 4.69) is 130 Å². The molecular formula is C63H104O6. The molecule has 0 aromatic carbocycles. The van der Waals surface area contributed by atoms with Crippen molar-refractivity contribution in [3.05, 3.63) is 109 Å². The average Bonchev–Trinajstić information content (AvgIpc) is 3.35. The first kappa shape index (κ1) is 65.1. The molecule has 392 valence electrons. The monoisotopic (exact) mass is 957 g/mol. The first-order valence-corrected chi connectivity index (χ1v) is 28.4. The Labute approximate surface area is 425 Å². The van der Waals surface area contributed by atoms with Crippen LogP contribution in [0.25, 0.3) is 0 Å². The molecule has 0 radical (unpaired) electrons. The summed E-state index contributed by atoms with van der Waals surface area (Å²) in [6.45, 7) is 6.42. The summed E-state index contributed by atoms with van der Waals surface area (Å²) in [4.78, 5) is 37.9. The van der Waals surface area contributed by atoms with Gasteiger partial charge in [-0.05, 0) is 103 Å². The van der Waals surface area contributed by atoms with Crippen LogP contribution in [0.2, 0.25) is 0 Å². The number of esters is 3. The van der Waals surface area contributed by atoms with Crippen LogP contribution in [0.3, 0.4) is 0 Å². The summed E-state index contributed by atoms with van der Waals surface area (Å²) in [6.07, 6.45) is 76.7. The zero-order chi connectivity index (χ0) is 50.0. The van der Waals surface area contributed by atoms with E-state index in [1.54, 1.807) is 0 Å². The summed E-state index contributed by atoms with van der Waals surface area (Å²) in [6, 6.07) is 0. The van der Waals surface area contributed by atoms with E-state index in [0.29, 0.717) is 19.3 Å². The van der Waals surface area contributed by atoms with Crippen molar-refractivity contribution in [3.63, 3.8) is 0 Å². The summed E-state index contributed by atoms with van der Waals surface area (Å²) < 4.78 is 16.8. The SMILES string of the molecule is CC/C=C\C/C=C\C/C=C\C/C=C\C/C=C\C/C=C\C/C=C\C/C=C\CCCCCCCCC(=O)OCC(COC(=O)CCCCCCCCCCCC)OC(=O)CCCCCCC/C=C\CCC. The highest BCUT2D eigenvalue weighted by Crippen LogP contribution is 2.14. The maximum absolute atomic E-state index is 12.7. The second kappa shape index (κ2) is 56.7. The predicted molar refractivity (Wildman–Crippen MR) is 297 cm³/mol. The molecular weight excluding hydrogens is 853 g/mol. The van der Waals surface area contributed by atoms with E-state index in [4.69, 9.17) is 14.2 Å². The highest BCUT2D eigenvalue weighted by molar-refractivity contribution is 5.71. The van der Waals surface area contributed by atoms with Crippen LogP contribution in [-0.4, -0.2) is 37.2 Å². The van der Waals surface area contributed by atoms with Crippen LogP contribution in [-0.2, 0) is 28.6 Å². The second-order valence-corrected chi connectivity index (χ2v) is 18.5. The van der Waals surface area contributed by atoms with E-state index < -0.39 is 6.10 Å². The molecule has 6 heteroatoms. The van der Waals surface area contributed by atoms with Gasteiger partial charge >= 0.3 is 17.9 Å². The first-order chi connectivity index (χ1) is 34.0. The van der Waals surface area contributed by atoms with Crippen LogP contribution in [0.1, 0.15) is 252 Å². The van der Waals surface area contributed by atoms with Gasteiger partial charge in [-0.25, -0.2) is 0 Å². The molecule has 0 aromatic rings. The molecule has 0 amide bonds. The van der Waals surface area contributed by atoms with Crippen molar-refractivity contribution in [2.24, 2.45) is 0 Å². The Bertz CT molecular complexity index is 1420. The minimum absolute atomic E-state index is 0.0852. The Balaban J connectivity index is 4.20. The lowest BCUT2D eigenvalue weighted by molar-refractivity contribution is -0.167. The van der Waals surface area contributed by atoms with E-state index in [-0.39, 0.29) is 31.1 Å². The van der Waals surface area contributed by atoms with Crippen molar-refractivity contribution in [3.8, 4) is 0 Å². The molecule has 0 N–H and O–H groups in total. The molecule has 6 nitrogen and oxygen atoms in total. The Morgan fingerprint density at radius 3 is 0.957 bits per heavy atom. The minimum Gasteiger partial charge on any atom is -0.462 e. The van der Waals surface area contributed by atoms with E-state index in [0.717, 1.165) is 141 Å². The van der Waals surface area contributed by atoms with Crippen molar-refractivity contribution < 1.29 is 28.6 Å². The molecule has 0 aliphatic rings. The number of hydrogen-bond donors (Lipinski definition) is 0. The smallest absolute Gasteiger partial charge is 0.306 e. The van der Waals surface area contributed by atoms with Gasteiger partial charge in [0.1, 0.15) is 13.2 Å². The number of hydrogen-bond acceptors (Lipinski definition) is 6. The number of rotatable bonds is 50. The number of carbonyl (C=O) groups excluding carboxylic acids is 3. The van der Waals surface area contributed by atoms with Crippen LogP contribution in [0.5, 0.6) is 0 Å². The van der Waals surface area contributed by atoms with Crippen LogP contribution < -0.4 is 0 Å². The zero-order valence-corrected chi connectivity index (χ0v) is 44.8. The van der Waals surface area contributed by atoms with Gasteiger partial charge in [0, 0.05) is 19.3 Å². The third-order valence-corrected chi connectivity index (χ3v) is 11.7. The summed E-state index contributed by atoms with van der Waals surface area (Å²) in [5.41, 5.74) is 0. The van der Waals surface area contributed by atoms with Gasteiger partial charge in [0.05, 0.1) is 0 Å². The normalized spacial score (nSPS) is 12.9. The molecule has 0 aromatic heterocycles. The van der Waals surface area contributed by atoms with Crippen LogP contribution >= 0.6 is 0 Å². The van der Waals surface area contributed by atoms with Gasteiger partial charge in [-0.3, -0.25) is 14.4 Å². The van der Waals surface area contributed by atoms with Crippen LogP contribution in [0.4, 0.5) is 0 Å². The highest BCUT2D eigenvalue weighted by atomic mass is 16.6. The summed E-state index contributed by atoms with van der Waals surface area (Å²) in [7, 11) is 0. The molecule has 0 spiro atoms. The third kappa shape index (κ3) is 54.9. The van der Waals surface area contributed by atoms with Gasteiger partial charge in [-0.2, -0.15) is 0 Å². The first-order valence-electron chi connectivity index (χ1n) is 28.4. The Morgan fingerprint density at radius 1 is 0.304 bits per heavy atom. The lowest BCUT2D eigenvalue weighted by Crippen LogP contribution is -2.30. The summed E-state index contributed by atoms with van der Waals surface area (Å²) in [5.74, 6) is -0.916. The van der Waals surface area contributed by atoms with Gasteiger partial charge in [0.2, 0.25) is 0 Å². The summed E-state index contributed by atoms with van der Waals surface area (Å²) in [5, 5.41) is 0. The molecule has 0 heterocycles. The molecule has 0 bridgehead atoms. The predicted octanol–water partition coefficient (Wildman–Crippen LogP) is 19.1. The molecule has 0 aliphatic heterocycles. The maximum Gasteiger partial charge on any atom is 0.306 e. The number of carbonyl (C=O) groups is 3. The van der Waals surface area contributed by atoms with Gasteiger partial charge in [0.25, 0.3) is 0 Å².